The number of rotatable bonds is 5. The van der Waals surface area contributed by atoms with E-state index >= 15 is 0 Å². The predicted octanol–water partition coefficient (Wildman–Crippen LogP) is 4.01. The number of nitrogens with one attached hydrogen (secondary N) is 1. The minimum Gasteiger partial charge on any atom is -0.352 e. The molecule has 2 nitrogen and oxygen atoms in total. The molecule has 6 heteroatoms. The largest absolute Gasteiger partial charge is 0.419 e. The zero-order valence-corrected chi connectivity index (χ0v) is 11.4. The van der Waals surface area contributed by atoms with Gasteiger partial charge in [0.25, 0.3) is 5.91 Å². The average molecular weight is 291 g/mol. The first-order chi connectivity index (χ1) is 9.21. The SMILES string of the molecule is CC(C)CCCNC(=O)c1ccc(F)c(C(F)(F)F)c1. The molecule has 0 aliphatic heterocycles. The Morgan fingerprint density at radius 2 is 1.95 bits per heavy atom. The van der Waals surface area contributed by atoms with Crippen molar-refractivity contribution in [3.05, 3.63) is 35.1 Å². The maximum absolute atomic E-state index is 13.1. The molecule has 0 bridgehead atoms. The van der Waals surface area contributed by atoms with Crippen LogP contribution in [0.3, 0.4) is 0 Å². The van der Waals surface area contributed by atoms with Gasteiger partial charge in [-0.3, -0.25) is 4.79 Å². The van der Waals surface area contributed by atoms with Gasteiger partial charge in [-0.2, -0.15) is 13.2 Å². The van der Waals surface area contributed by atoms with Gasteiger partial charge in [0.05, 0.1) is 5.56 Å². The lowest BCUT2D eigenvalue weighted by atomic mass is 10.1. The van der Waals surface area contributed by atoms with E-state index in [9.17, 15) is 22.4 Å². The third-order valence-electron chi connectivity index (χ3n) is 2.78. The summed E-state index contributed by atoms with van der Waals surface area (Å²) in [7, 11) is 0. The van der Waals surface area contributed by atoms with E-state index in [1.165, 1.54) is 0 Å². The van der Waals surface area contributed by atoms with Crippen LogP contribution in [-0.4, -0.2) is 12.5 Å². The van der Waals surface area contributed by atoms with E-state index in [0.717, 1.165) is 18.9 Å². The van der Waals surface area contributed by atoms with Crippen LogP contribution in [0.15, 0.2) is 18.2 Å². The van der Waals surface area contributed by atoms with Crippen LogP contribution >= 0.6 is 0 Å². The fourth-order valence-electron chi connectivity index (χ4n) is 1.70. The van der Waals surface area contributed by atoms with Gasteiger partial charge < -0.3 is 5.32 Å². The summed E-state index contributed by atoms with van der Waals surface area (Å²) in [6.07, 6.45) is -3.15. The lowest BCUT2D eigenvalue weighted by Crippen LogP contribution is -2.25. The Morgan fingerprint density at radius 3 is 2.50 bits per heavy atom. The van der Waals surface area contributed by atoms with Crippen molar-refractivity contribution in [2.45, 2.75) is 32.9 Å². The average Bonchev–Trinajstić information content (AvgIpc) is 2.33. The van der Waals surface area contributed by atoms with Gasteiger partial charge in [0.1, 0.15) is 5.82 Å². The zero-order valence-electron chi connectivity index (χ0n) is 11.4. The number of hydrogen-bond donors (Lipinski definition) is 1. The number of benzene rings is 1. The van der Waals surface area contributed by atoms with Crippen LogP contribution in [0.4, 0.5) is 17.6 Å². The summed E-state index contributed by atoms with van der Waals surface area (Å²) in [5.41, 5.74) is -1.62. The van der Waals surface area contributed by atoms with E-state index < -0.39 is 23.5 Å². The summed E-state index contributed by atoms with van der Waals surface area (Å²) in [6, 6.07) is 2.24. The third-order valence-corrected chi connectivity index (χ3v) is 2.78. The Hall–Kier alpha value is -1.59. The highest BCUT2D eigenvalue weighted by molar-refractivity contribution is 5.94. The topological polar surface area (TPSA) is 29.1 Å². The number of halogens is 4. The summed E-state index contributed by atoms with van der Waals surface area (Å²) in [5.74, 6) is -1.51. The summed E-state index contributed by atoms with van der Waals surface area (Å²) in [5, 5.41) is 2.52. The van der Waals surface area contributed by atoms with Gasteiger partial charge in [0, 0.05) is 12.1 Å². The molecular weight excluding hydrogens is 274 g/mol. The molecule has 0 atom stereocenters. The highest BCUT2D eigenvalue weighted by Gasteiger charge is 2.34. The van der Waals surface area contributed by atoms with Gasteiger partial charge >= 0.3 is 6.18 Å². The maximum Gasteiger partial charge on any atom is 0.419 e. The lowest BCUT2D eigenvalue weighted by Gasteiger charge is -2.10. The van der Waals surface area contributed by atoms with E-state index in [4.69, 9.17) is 0 Å². The quantitative estimate of drug-likeness (QED) is 0.644. The summed E-state index contributed by atoms with van der Waals surface area (Å²) >= 11 is 0. The van der Waals surface area contributed by atoms with Gasteiger partial charge in [0.15, 0.2) is 0 Å². The van der Waals surface area contributed by atoms with E-state index in [2.05, 4.69) is 5.32 Å². The fourth-order valence-corrected chi connectivity index (χ4v) is 1.70. The van der Waals surface area contributed by atoms with E-state index in [0.29, 0.717) is 24.6 Å². The molecule has 0 aromatic heterocycles. The molecule has 112 valence electrons. The van der Waals surface area contributed by atoms with Crippen molar-refractivity contribution in [2.75, 3.05) is 6.54 Å². The Labute approximate surface area is 115 Å². The van der Waals surface area contributed by atoms with Crippen LogP contribution in [0.25, 0.3) is 0 Å². The molecule has 0 heterocycles. The molecule has 1 amide bonds. The molecule has 20 heavy (non-hydrogen) atoms. The van der Waals surface area contributed by atoms with Crippen molar-refractivity contribution >= 4 is 5.91 Å². The molecular formula is C14H17F4NO. The van der Waals surface area contributed by atoms with Crippen LogP contribution in [-0.2, 0) is 6.18 Å². The molecule has 0 unspecified atom stereocenters. The molecule has 0 aliphatic carbocycles. The number of alkyl halides is 3. The van der Waals surface area contributed by atoms with Crippen molar-refractivity contribution in [1.82, 2.24) is 5.32 Å². The van der Waals surface area contributed by atoms with Gasteiger partial charge in [-0.1, -0.05) is 13.8 Å². The van der Waals surface area contributed by atoms with Crippen LogP contribution in [0.5, 0.6) is 0 Å². The van der Waals surface area contributed by atoms with Gasteiger partial charge in [-0.05, 0) is 37.0 Å². The first-order valence-corrected chi connectivity index (χ1v) is 6.36. The molecule has 1 aromatic rings. The van der Waals surface area contributed by atoms with Crippen LogP contribution in [0, 0.1) is 11.7 Å². The monoisotopic (exact) mass is 291 g/mol. The van der Waals surface area contributed by atoms with Gasteiger partial charge in [-0.15, -0.1) is 0 Å². The minimum atomic E-state index is -4.81. The number of hydrogen-bond acceptors (Lipinski definition) is 1. The van der Waals surface area contributed by atoms with Gasteiger partial charge in [0.2, 0.25) is 0 Å². The second-order valence-corrected chi connectivity index (χ2v) is 4.98. The molecule has 0 saturated carbocycles. The van der Waals surface area contributed by atoms with E-state index in [-0.39, 0.29) is 5.56 Å². The Kier molecular flexibility index (Phi) is 5.53. The molecule has 0 spiro atoms. The van der Waals surface area contributed by atoms with Crippen molar-refractivity contribution in [2.24, 2.45) is 5.92 Å². The highest BCUT2D eigenvalue weighted by atomic mass is 19.4. The summed E-state index contributed by atoms with van der Waals surface area (Å²) < 4.78 is 50.6. The zero-order chi connectivity index (χ0) is 15.3. The van der Waals surface area contributed by atoms with Crippen molar-refractivity contribution in [3.63, 3.8) is 0 Å². The van der Waals surface area contributed by atoms with Crippen LogP contribution in [0.2, 0.25) is 0 Å². The van der Waals surface area contributed by atoms with Crippen molar-refractivity contribution in [1.29, 1.82) is 0 Å². The van der Waals surface area contributed by atoms with Gasteiger partial charge in [-0.25, -0.2) is 4.39 Å². The molecule has 0 aliphatic rings. The molecule has 0 radical (unpaired) electrons. The Balaban J connectivity index is 2.70. The molecule has 0 fully saturated rings. The smallest absolute Gasteiger partial charge is 0.352 e. The number of amides is 1. The molecule has 1 rings (SSSR count). The predicted molar refractivity (Wildman–Crippen MR) is 67.8 cm³/mol. The number of carbonyl (C=O) groups is 1. The van der Waals surface area contributed by atoms with Crippen molar-refractivity contribution in [3.8, 4) is 0 Å². The second-order valence-electron chi connectivity index (χ2n) is 4.98. The van der Waals surface area contributed by atoms with E-state index in [1.54, 1.807) is 0 Å². The molecule has 1 aromatic carbocycles. The van der Waals surface area contributed by atoms with Crippen LogP contribution < -0.4 is 5.32 Å². The first-order valence-electron chi connectivity index (χ1n) is 6.36. The Bertz CT molecular complexity index is 469. The molecule has 1 N–H and O–H groups in total. The maximum atomic E-state index is 13.1. The number of carbonyl (C=O) groups excluding carboxylic acids is 1. The normalized spacial score (nSPS) is 11.8. The summed E-state index contributed by atoms with van der Waals surface area (Å²) in [6.45, 7) is 4.46. The van der Waals surface area contributed by atoms with E-state index in [1.807, 2.05) is 13.8 Å². The second kappa shape index (κ2) is 6.72. The fraction of sp³-hybridized carbons (Fsp3) is 0.500. The lowest BCUT2D eigenvalue weighted by molar-refractivity contribution is -0.140. The Morgan fingerprint density at radius 1 is 1.30 bits per heavy atom. The minimum absolute atomic E-state index is 0.191. The van der Waals surface area contributed by atoms with Crippen molar-refractivity contribution < 1.29 is 22.4 Å². The van der Waals surface area contributed by atoms with Crippen LogP contribution in [0.1, 0.15) is 42.6 Å². The third kappa shape index (κ3) is 4.83. The summed E-state index contributed by atoms with van der Waals surface area (Å²) in [4.78, 5) is 11.7. The standard InChI is InChI=1S/C14H17F4NO/c1-9(2)4-3-7-19-13(20)10-5-6-12(15)11(8-10)14(16,17)18/h5-6,8-9H,3-4,7H2,1-2H3,(H,19,20). The first kappa shape index (κ1) is 16.5. The molecule has 0 saturated heterocycles. The highest BCUT2D eigenvalue weighted by Crippen LogP contribution is 2.31.